The number of benzene rings is 1. The Morgan fingerprint density at radius 3 is 2.65 bits per heavy atom. The Balaban J connectivity index is 2.08. The third kappa shape index (κ3) is 2.53. The Hall–Kier alpha value is -2.28. The maximum Gasteiger partial charge on any atom is 0.134 e. The SMILES string of the molecule is CCc1ccc(-c2ccccc2C2=CC=CCC=C2)o1. The second kappa shape index (κ2) is 5.79. The summed E-state index contributed by atoms with van der Waals surface area (Å²) in [6.07, 6.45) is 12.7. The highest BCUT2D eigenvalue weighted by atomic mass is 16.3. The van der Waals surface area contributed by atoms with Gasteiger partial charge < -0.3 is 4.42 Å². The van der Waals surface area contributed by atoms with E-state index in [9.17, 15) is 0 Å². The molecule has 0 saturated heterocycles. The van der Waals surface area contributed by atoms with Crippen LogP contribution < -0.4 is 0 Å². The lowest BCUT2D eigenvalue weighted by Gasteiger charge is -2.08. The van der Waals surface area contributed by atoms with Crippen molar-refractivity contribution in [2.45, 2.75) is 19.8 Å². The fourth-order valence-corrected chi connectivity index (χ4v) is 2.42. The van der Waals surface area contributed by atoms with Gasteiger partial charge in [0.15, 0.2) is 0 Å². The molecular weight excluding hydrogens is 244 g/mol. The van der Waals surface area contributed by atoms with E-state index in [0.717, 1.165) is 29.9 Å². The number of hydrogen-bond acceptors (Lipinski definition) is 1. The van der Waals surface area contributed by atoms with Crippen LogP contribution in [0.15, 0.2) is 71.2 Å². The lowest BCUT2D eigenvalue weighted by atomic mass is 9.97. The predicted octanol–water partition coefficient (Wildman–Crippen LogP) is 5.41. The van der Waals surface area contributed by atoms with E-state index >= 15 is 0 Å². The van der Waals surface area contributed by atoms with Crippen molar-refractivity contribution in [3.63, 3.8) is 0 Å². The normalized spacial score (nSPS) is 14.2. The summed E-state index contributed by atoms with van der Waals surface area (Å²) in [6.45, 7) is 2.11. The van der Waals surface area contributed by atoms with Crippen LogP contribution in [0.1, 0.15) is 24.7 Å². The molecule has 1 aliphatic carbocycles. The summed E-state index contributed by atoms with van der Waals surface area (Å²) in [5, 5.41) is 0. The van der Waals surface area contributed by atoms with Crippen molar-refractivity contribution in [2.75, 3.05) is 0 Å². The van der Waals surface area contributed by atoms with E-state index in [1.165, 1.54) is 11.1 Å². The molecule has 100 valence electrons. The summed E-state index contributed by atoms with van der Waals surface area (Å²) in [5.41, 5.74) is 3.59. The first-order chi connectivity index (χ1) is 9.88. The number of furan rings is 1. The molecule has 0 N–H and O–H groups in total. The number of hydrogen-bond donors (Lipinski definition) is 0. The minimum Gasteiger partial charge on any atom is -0.461 e. The van der Waals surface area contributed by atoms with E-state index in [4.69, 9.17) is 4.42 Å². The van der Waals surface area contributed by atoms with Crippen LogP contribution in [-0.4, -0.2) is 0 Å². The first-order valence-electron chi connectivity index (χ1n) is 7.10. The molecule has 0 amide bonds. The highest BCUT2D eigenvalue weighted by Gasteiger charge is 2.10. The summed E-state index contributed by atoms with van der Waals surface area (Å²) in [4.78, 5) is 0. The number of rotatable bonds is 3. The van der Waals surface area contributed by atoms with Crippen molar-refractivity contribution < 1.29 is 4.42 Å². The first kappa shape index (κ1) is 12.7. The van der Waals surface area contributed by atoms with Gasteiger partial charge in [-0.25, -0.2) is 0 Å². The summed E-state index contributed by atoms with van der Waals surface area (Å²) < 4.78 is 5.91. The summed E-state index contributed by atoms with van der Waals surface area (Å²) in [6, 6.07) is 12.5. The molecule has 0 atom stereocenters. The number of aryl methyl sites for hydroxylation is 1. The van der Waals surface area contributed by atoms with Gasteiger partial charge in [0.1, 0.15) is 11.5 Å². The Morgan fingerprint density at radius 2 is 1.85 bits per heavy atom. The minimum absolute atomic E-state index is 0.924. The van der Waals surface area contributed by atoms with Crippen molar-refractivity contribution in [1.82, 2.24) is 0 Å². The Kier molecular flexibility index (Phi) is 3.69. The average Bonchev–Trinajstić information content (AvgIpc) is 2.81. The standard InChI is InChI=1S/C19H18O/c1-2-16-13-14-19(20-16)18-12-8-7-11-17(18)15-9-5-3-4-6-10-15/h3,5-14H,2,4H2,1H3. The van der Waals surface area contributed by atoms with Crippen LogP contribution in [0.3, 0.4) is 0 Å². The molecule has 1 aromatic carbocycles. The molecule has 0 aliphatic heterocycles. The van der Waals surface area contributed by atoms with Gasteiger partial charge in [-0.15, -0.1) is 0 Å². The van der Waals surface area contributed by atoms with E-state index in [1.807, 2.05) is 0 Å². The number of allylic oxidation sites excluding steroid dienone is 6. The molecule has 0 fully saturated rings. The van der Waals surface area contributed by atoms with Gasteiger partial charge in [-0.2, -0.15) is 0 Å². The maximum atomic E-state index is 5.91. The van der Waals surface area contributed by atoms with E-state index in [0.29, 0.717) is 0 Å². The monoisotopic (exact) mass is 262 g/mol. The minimum atomic E-state index is 0.924. The van der Waals surface area contributed by atoms with Gasteiger partial charge in [-0.3, -0.25) is 0 Å². The van der Waals surface area contributed by atoms with Gasteiger partial charge in [-0.1, -0.05) is 61.6 Å². The van der Waals surface area contributed by atoms with Gasteiger partial charge in [0.05, 0.1) is 0 Å². The first-order valence-corrected chi connectivity index (χ1v) is 7.10. The van der Waals surface area contributed by atoms with Crippen molar-refractivity contribution in [2.24, 2.45) is 0 Å². The van der Waals surface area contributed by atoms with Gasteiger partial charge in [0.25, 0.3) is 0 Å². The quantitative estimate of drug-likeness (QED) is 0.721. The zero-order valence-electron chi connectivity index (χ0n) is 11.7. The van der Waals surface area contributed by atoms with Crippen molar-refractivity contribution in [3.05, 3.63) is 78.1 Å². The van der Waals surface area contributed by atoms with Crippen LogP contribution in [0, 0.1) is 0 Å². The molecular formula is C19H18O. The zero-order chi connectivity index (χ0) is 13.8. The smallest absolute Gasteiger partial charge is 0.134 e. The van der Waals surface area contributed by atoms with Gasteiger partial charge >= 0.3 is 0 Å². The zero-order valence-corrected chi connectivity index (χ0v) is 11.7. The Morgan fingerprint density at radius 1 is 1.00 bits per heavy atom. The van der Waals surface area contributed by atoms with Crippen LogP contribution in [0.5, 0.6) is 0 Å². The molecule has 20 heavy (non-hydrogen) atoms. The van der Waals surface area contributed by atoms with Gasteiger partial charge in [0.2, 0.25) is 0 Å². The molecule has 1 nitrogen and oxygen atoms in total. The van der Waals surface area contributed by atoms with Gasteiger partial charge in [-0.05, 0) is 29.7 Å². The molecule has 3 rings (SSSR count). The highest BCUT2D eigenvalue weighted by Crippen LogP contribution is 2.31. The molecule has 1 heteroatoms. The summed E-state index contributed by atoms with van der Waals surface area (Å²) >= 11 is 0. The molecule has 0 radical (unpaired) electrons. The second-order valence-corrected chi connectivity index (χ2v) is 4.85. The highest BCUT2D eigenvalue weighted by molar-refractivity contribution is 5.85. The fourth-order valence-electron chi connectivity index (χ4n) is 2.42. The second-order valence-electron chi connectivity index (χ2n) is 4.85. The van der Waals surface area contributed by atoms with Crippen molar-refractivity contribution in [3.8, 4) is 11.3 Å². The molecule has 0 bridgehead atoms. The summed E-state index contributed by atoms with van der Waals surface area (Å²) in [7, 11) is 0. The molecule has 0 unspecified atom stereocenters. The van der Waals surface area contributed by atoms with Crippen molar-refractivity contribution in [1.29, 1.82) is 0 Å². The fraction of sp³-hybridized carbons (Fsp3) is 0.158. The van der Waals surface area contributed by atoms with E-state index in [1.54, 1.807) is 0 Å². The predicted molar refractivity (Wildman–Crippen MR) is 84.4 cm³/mol. The maximum absolute atomic E-state index is 5.91. The lowest BCUT2D eigenvalue weighted by molar-refractivity contribution is 0.529. The summed E-state index contributed by atoms with van der Waals surface area (Å²) in [5.74, 6) is 1.97. The molecule has 0 saturated carbocycles. The topological polar surface area (TPSA) is 13.1 Å². The largest absolute Gasteiger partial charge is 0.461 e. The molecule has 1 aromatic heterocycles. The van der Waals surface area contributed by atoms with E-state index in [-0.39, 0.29) is 0 Å². The molecule has 1 heterocycles. The van der Waals surface area contributed by atoms with Crippen LogP contribution in [0.2, 0.25) is 0 Å². The van der Waals surface area contributed by atoms with Crippen LogP contribution >= 0.6 is 0 Å². The molecule has 0 spiro atoms. The third-order valence-electron chi connectivity index (χ3n) is 3.50. The Bertz CT molecular complexity index is 683. The van der Waals surface area contributed by atoms with Gasteiger partial charge in [0, 0.05) is 12.0 Å². The van der Waals surface area contributed by atoms with Crippen LogP contribution in [-0.2, 0) is 6.42 Å². The molecule has 2 aromatic rings. The van der Waals surface area contributed by atoms with E-state index < -0.39 is 0 Å². The average molecular weight is 262 g/mol. The third-order valence-corrected chi connectivity index (χ3v) is 3.50. The Labute approximate surface area is 119 Å². The van der Waals surface area contributed by atoms with Crippen LogP contribution in [0.25, 0.3) is 16.9 Å². The van der Waals surface area contributed by atoms with Crippen LogP contribution in [0.4, 0.5) is 0 Å². The van der Waals surface area contributed by atoms with E-state index in [2.05, 4.69) is 73.7 Å². The van der Waals surface area contributed by atoms with Crippen molar-refractivity contribution >= 4 is 5.57 Å². The lowest BCUT2D eigenvalue weighted by Crippen LogP contribution is -1.86. The molecule has 1 aliphatic rings.